The molecule has 2 bridgehead atoms. The zero-order chi connectivity index (χ0) is 32.9. The highest BCUT2D eigenvalue weighted by atomic mass is 35.5. The van der Waals surface area contributed by atoms with Gasteiger partial charge in [-0.3, -0.25) is 4.90 Å². The van der Waals surface area contributed by atoms with Gasteiger partial charge in [-0.05, 0) is 83.5 Å². The summed E-state index contributed by atoms with van der Waals surface area (Å²) in [4.78, 5) is 32.5. The number of carbonyl (C=O) groups is 1. The first kappa shape index (κ1) is 31.8. The molecule has 0 aliphatic carbocycles. The van der Waals surface area contributed by atoms with Crippen LogP contribution >= 0.6 is 11.6 Å². The molecule has 4 aliphatic heterocycles. The maximum Gasteiger partial charge on any atom is 0.410 e. The number of hydrogen-bond donors (Lipinski definition) is 0. The summed E-state index contributed by atoms with van der Waals surface area (Å²) < 4.78 is 12.2. The van der Waals surface area contributed by atoms with Gasteiger partial charge in [0.1, 0.15) is 18.0 Å². The molecule has 248 valence electrons. The number of nitriles is 1. The van der Waals surface area contributed by atoms with Crippen LogP contribution in [0.5, 0.6) is 6.01 Å². The van der Waals surface area contributed by atoms with Crippen molar-refractivity contribution in [3.63, 3.8) is 0 Å². The van der Waals surface area contributed by atoms with Gasteiger partial charge >= 0.3 is 12.1 Å². The second-order valence-electron chi connectivity index (χ2n) is 14.5. The minimum absolute atomic E-state index is 0.0676. The first-order valence-corrected chi connectivity index (χ1v) is 17.3. The van der Waals surface area contributed by atoms with Gasteiger partial charge in [0.2, 0.25) is 0 Å². The maximum absolute atomic E-state index is 13.4. The molecule has 0 saturated carbocycles. The van der Waals surface area contributed by atoms with Gasteiger partial charge in [0.05, 0.1) is 35.4 Å². The molecule has 47 heavy (non-hydrogen) atoms. The number of hydrogen-bond acceptors (Lipinski definition) is 9. The molecule has 3 saturated heterocycles. The molecular formula is C36H44ClN7O3. The molecule has 0 spiro atoms. The Morgan fingerprint density at radius 2 is 1.91 bits per heavy atom. The van der Waals surface area contributed by atoms with Gasteiger partial charge in [-0.25, -0.2) is 4.79 Å². The quantitative estimate of drug-likeness (QED) is 0.314. The number of likely N-dealkylation sites (tertiary alicyclic amines) is 1. The molecule has 5 heterocycles. The molecule has 1 unspecified atom stereocenters. The number of amides is 1. The second kappa shape index (κ2) is 12.7. The lowest BCUT2D eigenvalue weighted by Gasteiger charge is -2.43. The number of anilines is 2. The number of ether oxygens (including phenoxy) is 2. The number of benzene rings is 2. The normalized spacial score (nSPS) is 24.4. The molecule has 2 aromatic carbocycles. The van der Waals surface area contributed by atoms with E-state index in [2.05, 4.69) is 52.1 Å². The Morgan fingerprint density at radius 1 is 1.11 bits per heavy atom. The van der Waals surface area contributed by atoms with Crippen LogP contribution in [0, 0.1) is 17.2 Å². The Balaban J connectivity index is 1.22. The van der Waals surface area contributed by atoms with Crippen LogP contribution in [-0.4, -0.2) is 89.4 Å². The van der Waals surface area contributed by atoms with Crippen LogP contribution in [0.1, 0.15) is 57.7 Å². The fourth-order valence-corrected chi connectivity index (χ4v) is 8.28. The maximum atomic E-state index is 13.4. The van der Waals surface area contributed by atoms with Crippen molar-refractivity contribution in [1.29, 1.82) is 5.26 Å². The fourth-order valence-electron chi connectivity index (χ4n) is 8.00. The first-order valence-electron chi connectivity index (χ1n) is 16.9. The summed E-state index contributed by atoms with van der Waals surface area (Å²) in [6.07, 6.45) is 3.90. The monoisotopic (exact) mass is 657 g/mol. The summed E-state index contributed by atoms with van der Waals surface area (Å²) in [5, 5.41) is 12.6. The van der Waals surface area contributed by atoms with E-state index in [0.717, 1.165) is 77.3 Å². The Hall–Kier alpha value is -3.81. The molecule has 11 heteroatoms. The van der Waals surface area contributed by atoms with Crippen molar-refractivity contribution in [3.05, 3.63) is 52.7 Å². The summed E-state index contributed by atoms with van der Waals surface area (Å²) in [5.74, 6) is 0.970. The molecule has 3 aromatic rings. The lowest BCUT2D eigenvalue weighted by Crippen LogP contribution is -2.58. The summed E-state index contributed by atoms with van der Waals surface area (Å²) in [5.41, 5.74) is 2.58. The summed E-state index contributed by atoms with van der Waals surface area (Å²) >= 11 is 6.75. The molecule has 4 atom stereocenters. The van der Waals surface area contributed by atoms with Crippen molar-refractivity contribution in [2.45, 2.75) is 83.1 Å². The molecule has 10 nitrogen and oxygen atoms in total. The van der Waals surface area contributed by atoms with Gasteiger partial charge in [0.15, 0.2) is 0 Å². The van der Waals surface area contributed by atoms with E-state index < -0.39 is 5.60 Å². The molecular weight excluding hydrogens is 614 g/mol. The Kier molecular flexibility index (Phi) is 8.56. The number of piperazine rings is 1. The summed E-state index contributed by atoms with van der Waals surface area (Å²) in [6.45, 7) is 9.89. The molecule has 0 N–H and O–H groups in total. The van der Waals surface area contributed by atoms with Crippen molar-refractivity contribution in [1.82, 2.24) is 19.8 Å². The van der Waals surface area contributed by atoms with Gasteiger partial charge < -0.3 is 24.2 Å². The number of likely N-dealkylation sites (N-methyl/N-ethyl adjacent to an activating group) is 1. The van der Waals surface area contributed by atoms with Crippen LogP contribution in [0.25, 0.3) is 10.8 Å². The topological polar surface area (TPSA) is 98.1 Å². The minimum atomic E-state index is -0.593. The number of halogens is 1. The summed E-state index contributed by atoms with van der Waals surface area (Å²) in [6, 6.07) is 15.2. The van der Waals surface area contributed by atoms with Crippen LogP contribution in [0.2, 0.25) is 5.02 Å². The van der Waals surface area contributed by atoms with E-state index in [1.165, 1.54) is 0 Å². The Labute approximate surface area is 282 Å². The molecule has 1 aromatic heterocycles. The van der Waals surface area contributed by atoms with Gasteiger partial charge in [-0.2, -0.15) is 15.2 Å². The number of rotatable bonds is 6. The van der Waals surface area contributed by atoms with E-state index in [0.29, 0.717) is 44.7 Å². The van der Waals surface area contributed by atoms with Crippen LogP contribution in [0.3, 0.4) is 0 Å². The van der Waals surface area contributed by atoms with Crippen molar-refractivity contribution in [2.75, 3.05) is 49.6 Å². The van der Waals surface area contributed by atoms with E-state index in [9.17, 15) is 10.1 Å². The number of fused-ring (bicyclic) bond motifs is 4. The van der Waals surface area contributed by atoms with Gasteiger partial charge in [0.25, 0.3) is 0 Å². The van der Waals surface area contributed by atoms with Crippen LogP contribution in [0.4, 0.5) is 16.3 Å². The second-order valence-corrected chi connectivity index (χ2v) is 14.9. The van der Waals surface area contributed by atoms with E-state index in [1.54, 1.807) is 0 Å². The Morgan fingerprint density at radius 3 is 2.66 bits per heavy atom. The number of nitrogens with zero attached hydrogens (tertiary/aromatic N) is 7. The zero-order valence-electron chi connectivity index (χ0n) is 27.8. The van der Waals surface area contributed by atoms with Crippen LogP contribution < -0.4 is 14.5 Å². The van der Waals surface area contributed by atoms with E-state index >= 15 is 0 Å². The lowest BCUT2D eigenvalue weighted by molar-refractivity contribution is 0.0105. The highest BCUT2D eigenvalue weighted by molar-refractivity contribution is 6.36. The average molecular weight is 658 g/mol. The lowest BCUT2D eigenvalue weighted by atomic mass is 9.97. The third-order valence-corrected chi connectivity index (χ3v) is 10.6. The number of aromatic nitrogens is 2. The van der Waals surface area contributed by atoms with E-state index in [4.69, 9.17) is 31.0 Å². The largest absolute Gasteiger partial charge is 0.462 e. The Bertz CT molecular complexity index is 1700. The van der Waals surface area contributed by atoms with Crippen LogP contribution in [0.15, 0.2) is 36.4 Å². The molecule has 4 aliphatic rings. The number of carbonyl (C=O) groups excluding carboxylic acids is 1. The predicted octanol–water partition coefficient (Wildman–Crippen LogP) is 6.05. The molecule has 0 radical (unpaired) electrons. The highest BCUT2D eigenvalue weighted by Gasteiger charge is 2.50. The van der Waals surface area contributed by atoms with Crippen molar-refractivity contribution >= 4 is 40.0 Å². The van der Waals surface area contributed by atoms with E-state index in [-0.39, 0.29) is 24.1 Å². The SMILES string of the molecule is CN1CCC[C@H]1COc1nc2c(c(N3C[C@H]4CC(CC#N)[C@@H](C3)N4C(=O)OC(C)(C)C)n1)CCN(c1cccc3cccc(Cl)c13)C2. The third-order valence-electron chi connectivity index (χ3n) is 10.2. The van der Waals surface area contributed by atoms with Gasteiger partial charge in [-0.15, -0.1) is 0 Å². The highest BCUT2D eigenvalue weighted by Crippen LogP contribution is 2.42. The van der Waals surface area contributed by atoms with E-state index in [1.807, 2.05) is 37.8 Å². The summed E-state index contributed by atoms with van der Waals surface area (Å²) in [7, 11) is 2.14. The van der Waals surface area contributed by atoms with Crippen molar-refractivity contribution < 1.29 is 14.3 Å². The average Bonchev–Trinajstić information content (AvgIpc) is 3.55. The first-order chi connectivity index (χ1) is 22.6. The van der Waals surface area contributed by atoms with Gasteiger partial charge in [-0.1, -0.05) is 35.9 Å². The smallest absolute Gasteiger partial charge is 0.410 e. The predicted molar refractivity (Wildman–Crippen MR) is 183 cm³/mol. The van der Waals surface area contributed by atoms with Crippen molar-refractivity contribution in [2.24, 2.45) is 5.92 Å². The standard InChI is InChI=1S/C36H44ClN7O3/c1-36(2,3)47-35(45)44-26-18-24(13-15-38)31(44)21-43(19-26)33-27-14-17-42(30-12-6-9-23-8-5-11-28(37)32(23)30)20-29(27)39-34(40-33)46-22-25-10-7-16-41(25)4/h5-6,8-9,11-12,24-26,31H,7,10,13-14,16-22H2,1-4H3/t24?,25-,26+,31+/m0/s1. The van der Waals surface area contributed by atoms with Crippen LogP contribution in [-0.2, 0) is 17.7 Å². The fraction of sp³-hybridized carbons (Fsp3) is 0.556. The third kappa shape index (κ3) is 6.28. The molecule has 3 fully saturated rings. The molecule has 1 amide bonds. The zero-order valence-corrected chi connectivity index (χ0v) is 28.5. The minimum Gasteiger partial charge on any atom is -0.462 e. The molecule has 7 rings (SSSR count). The van der Waals surface area contributed by atoms with Crippen molar-refractivity contribution in [3.8, 4) is 12.1 Å². The van der Waals surface area contributed by atoms with Gasteiger partial charge in [0, 0.05) is 48.7 Å².